The first kappa shape index (κ1) is 10.4. The Kier molecular flexibility index (Phi) is 3.59. The molecule has 5 heteroatoms. The molecule has 1 heterocycles. The highest BCUT2D eigenvalue weighted by Crippen LogP contribution is 2.16. The Balaban J connectivity index is 2.78. The largest absolute Gasteiger partial charge is 0.296 e. The summed E-state index contributed by atoms with van der Waals surface area (Å²) in [6.45, 7) is 2.72. The number of hydrogen-bond acceptors (Lipinski definition) is 1. The molecule has 0 aliphatic carbocycles. The van der Waals surface area contributed by atoms with Crippen molar-refractivity contribution < 1.29 is 8.78 Å². The molecule has 0 spiro atoms. The van der Waals surface area contributed by atoms with Gasteiger partial charge in [-0.1, -0.05) is 25.6 Å². The van der Waals surface area contributed by atoms with Gasteiger partial charge in [0.2, 0.25) is 0 Å². The minimum atomic E-state index is -2.47. The first-order valence-electron chi connectivity index (χ1n) is 4.23. The maximum atomic E-state index is 12.2. The quantitative estimate of drug-likeness (QED) is 0.750. The Morgan fingerprint density at radius 2 is 2.31 bits per heavy atom. The van der Waals surface area contributed by atoms with Crippen molar-refractivity contribution in [3.8, 4) is 0 Å². The average molecular weight is 206 g/mol. The van der Waals surface area contributed by atoms with E-state index in [0.29, 0.717) is 11.2 Å². The van der Waals surface area contributed by atoms with Crippen molar-refractivity contribution in [3.05, 3.63) is 16.4 Å². The molecule has 13 heavy (non-hydrogen) atoms. The number of nitrogens with zero attached hydrogens (tertiary/aromatic N) is 1. The molecule has 0 amide bonds. The smallest absolute Gasteiger partial charge is 0.279 e. The molecular weight excluding hydrogens is 194 g/mol. The molecule has 0 fully saturated rings. The first-order chi connectivity index (χ1) is 6.15. The molecule has 1 rings (SSSR count). The molecule has 0 bridgehead atoms. The second-order valence-corrected chi connectivity index (χ2v) is 3.27. The third-order valence-corrected chi connectivity index (χ3v) is 2.12. The van der Waals surface area contributed by atoms with Gasteiger partial charge in [0, 0.05) is 12.6 Å². The van der Waals surface area contributed by atoms with Gasteiger partial charge in [-0.15, -0.1) is 0 Å². The Bertz CT molecular complexity index is 316. The molecular formula is C8H12F2N2S. The van der Waals surface area contributed by atoms with Gasteiger partial charge in [-0.05, 0) is 6.42 Å². The van der Waals surface area contributed by atoms with Gasteiger partial charge in [0.25, 0.3) is 6.43 Å². The second kappa shape index (κ2) is 4.50. The number of hydrogen-bond donors (Lipinski definition) is 1. The van der Waals surface area contributed by atoms with Crippen LogP contribution >= 0.6 is 12.2 Å². The minimum Gasteiger partial charge on any atom is -0.296 e. The van der Waals surface area contributed by atoms with Gasteiger partial charge in [-0.25, -0.2) is 8.78 Å². The monoisotopic (exact) mass is 206 g/mol. The predicted octanol–water partition coefficient (Wildman–Crippen LogP) is 3.28. The number of aromatic amines is 1. The van der Waals surface area contributed by atoms with E-state index in [4.69, 9.17) is 12.2 Å². The van der Waals surface area contributed by atoms with Crippen LogP contribution in [0.15, 0.2) is 6.07 Å². The summed E-state index contributed by atoms with van der Waals surface area (Å²) in [6, 6.07) is 1.32. The maximum Gasteiger partial charge on any atom is 0.279 e. The molecule has 0 radical (unpaired) electrons. The molecule has 1 aromatic heterocycles. The average Bonchev–Trinajstić information content (AvgIpc) is 2.44. The molecule has 1 aromatic rings. The zero-order valence-corrected chi connectivity index (χ0v) is 8.20. The molecule has 2 nitrogen and oxygen atoms in total. The maximum absolute atomic E-state index is 12.2. The molecule has 0 unspecified atom stereocenters. The van der Waals surface area contributed by atoms with Crippen molar-refractivity contribution in [2.75, 3.05) is 0 Å². The summed E-state index contributed by atoms with van der Waals surface area (Å²) < 4.78 is 26.4. The van der Waals surface area contributed by atoms with Crippen molar-refractivity contribution in [1.29, 1.82) is 0 Å². The summed E-state index contributed by atoms with van der Waals surface area (Å²) in [4.78, 5) is 0. The van der Waals surface area contributed by atoms with Crippen LogP contribution in [0.1, 0.15) is 31.9 Å². The van der Waals surface area contributed by atoms with E-state index in [2.05, 4.69) is 5.10 Å². The van der Waals surface area contributed by atoms with E-state index in [0.717, 1.165) is 12.8 Å². The summed E-state index contributed by atoms with van der Waals surface area (Å²) >= 11 is 4.90. The molecule has 74 valence electrons. The lowest BCUT2D eigenvalue weighted by Gasteiger charge is -2.00. The molecule has 0 aliphatic rings. The molecule has 0 saturated carbocycles. The number of aromatic nitrogens is 2. The molecule has 1 N–H and O–H groups in total. The number of unbranched alkanes of at least 4 members (excludes halogenated alkanes) is 1. The van der Waals surface area contributed by atoms with E-state index >= 15 is 0 Å². The highest BCUT2D eigenvalue weighted by molar-refractivity contribution is 7.71. The SMILES string of the molecule is CCCCn1[nH]c(C(F)F)cc1=S. The zero-order chi connectivity index (χ0) is 9.84. The van der Waals surface area contributed by atoms with E-state index < -0.39 is 6.43 Å². The lowest BCUT2D eigenvalue weighted by molar-refractivity contribution is 0.145. The van der Waals surface area contributed by atoms with Crippen LogP contribution in [-0.2, 0) is 6.54 Å². The Morgan fingerprint density at radius 3 is 2.77 bits per heavy atom. The normalized spacial score (nSPS) is 11.1. The third kappa shape index (κ3) is 2.62. The Morgan fingerprint density at radius 1 is 1.62 bits per heavy atom. The highest BCUT2D eigenvalue weighted by Gasteiger charge is 2.09. The Hall–Kier alpha value is -0.710. The van der Waals surface area contributed by atoms with Gasteiger partial charge in [0.1, 0.15) is 10.3 Å². The second-order valence-electron chi connectivity index (χ2n) is 2.86. The van der Waals surface area contributed by atoms with Gasteiger partial charge < -0.3 is 0 Å². The van der Waals surface area contributed by atoms with Crippen LogP contribution in [0.5, 0.6) is 0 Å². The number of rotatable bonds is 4. The summed E-state index contributed by atoms with van der Waals surface area (Å²) in [5.41, 5.74) is -0.0962. The third-order valence-electron chi connectivity index (χ3n) is 1.78. The van der Waals surface area contributed by atoms with Crippen LogP contribution in [0.4, 0.5) is 8.78 Å². The topological polar surface area (TPSA) is 20.7 Å². The number of alkyl halides is 2. The molecule has 0 aromatic carbocycles. The summed E-state index contributed by atoms with van der Waals surface area (Å²) in [7, 11) is 0. The number of nitrogens with one attached hydrogen (secondary N) is 1. The number of H-pyrrole nitrogens is 1. The highest BCUT2D eigenvalue weighted by atomic mass is 32.1. The molecule has 0 saturated heterocycles. The predicted molar refractivity (Wildman–Crippen MR) is 49.5 cm³/mol. The summed E-state index contributed by atoms with van der Waals surface area (Å²) in [6.07, 6.45) is -0.507. The van der Waals surface area contributed by atoms with Crippen molar-refractivity contribution >= 4 is 12.2 Å². The Labute approximate surface area is 80.6 Å². The van der Waals surface area contributed by atoms with Crippen LogP contribution in [0.25, 0.3) is 0 Å². The van der Waals surface area contributed by atoms with Gasteiger partial charge in [-0.3, -0.25) is 9.78 Å². The van der Waals surface area contributed by atoms with Crippen LogP contribution < -0.4 is 0 Å². The van der Waals surface area contributed by atoms with Gasteiger partial charge >= 0.3 is 0 Å². The molecule has 0 atom stereocenters. The van der Waals surface area contributed by atoms with Crippen molar-refractivity contribution in [1.82, 2.24) is 9.78 Å². The van der Waals surface area contributed by atoms with E-state index in [-0.39, 0.29) is 5.69 Å². The lowest BCUT2D eigenvalue weighted by atomic mass is 10.3. The fourth-order valence-corrected chi connectivity index (χ4v) is 1.31. The van der Waals surface area contributed by atoms with Crippen LogP contribution in [0, 0.1) is 4.64 Å². The summed E-state index contributed by atoms with van der Waals surface area (Å²) in [5, 5.41) is 2.58. The van der Waals surface area contributed by atoms with Crippen molar-refractivity contribution in [2.24, 2.45) is 0 Å². The van der Waals surface area contributed by atoms with Gasteiger partial charge in [0.05, 0.1) is 0 Å². The van der Waals surface area contributed by atoms with Crippen LogP contribution in [0.3, 0.4) is 0 Å². The van der Waals surface area contributed by atoms with Crippen LogP contribution in [-0.4, -0.2) is 9.78 Å². The standard InChI is InChI=1S/C8H12F2N2S/c1-2-3-4-12-7(13)5-6(11-12)8(9)10/h5,8,11H,2-4H2,1H3. The van der Waals surface area contributed by atoms with E-state index in [1.54, 1.807) is 4.68 Å². The fraction of sp³-hybridized carbons (Fsp3) is 0.625. The number of aryl methyl sites for hydroxylation is 1. The van der Waals surface area contributed by atoms with E-state index in [1.165, 1.54) is 6.07 Å². The summed E-state index contributed by atoms with van der Waals surface area (Å²) in [5.74, 6) is 0. The van der Waals surface area contributed by atoms with Gasteiger partial charge in [-0.2, -0.15) is 0 Å². The zero-order valence-electron chi connectivity index (χ0n) is 7.39. The minimum absolute atomic E-state index is 0.0962. The van der Waals surface area contributed by atoms with Crippen molar-refractivity contribution in [3.63, 3.8) is 0 Å². The van der Waals surface area contributed by atoms with E-state index in [1.807, 2.05) is 6.92 Å². The van der Waals surface area contributed by atoms with E-state index in [9.17, 15) is 8.78 Å². The first-order valence-corrected chi connectivity index (χ1v) is 4.64. The fourth-order valence-electron chi connectivity index (χ4n) is 1.05. The van der Waals surface area contributed by atoms with Crippen LogP contribution in [0.2, 0.25) is 0 Å². The molecule has 0 aliphatic heterocycles. The number of halogens is 2. The lowest BCUT2D eigenvalue weighted by Crippen LogP contribution is -2.00. The van der Waals surface area contributed by atoms with Crippen molar-refractivity contribution in [2.45, 2.75) is 32.7 Å². The van der Waals surface area contributed by atoms with Gasteiger partial charge in [0.15, 0.2) is 0 Å².